The zero-order chi connectivity index (χ0) is 13.1. The molecule has 1 aromatic rings. The van der Waals surface area contributed by atoms with Crippen molar-refractivity contribution in [1.29, 1.82) is 0 Å². The third kappa shape index (κ3) is 7.01. The summed E-state index contributed by atoms with van der Waals surface area (Å²) in [5.41, 5.74) is 0. The van der Waals surface area contributed by atoms with Crippen LogP contribution in [0.5, 0.6) is 0 Å². The zero-order valence-electron chi connectivity index (χ0n) is 10.7. The van der Waals surface area contributed by atoms with Gasteiger partial charge in [0.15, 0.2) is 0 Å². The average molecular weight is 252 g/mol. The summed E-state index contributed by atoms with van der Waals surface area (Å²) in [7, 11) is 0. The Hall–Kier alpha value is -1.42. The van der Waals surface area contributed by atoms with Crippen LogP contribution in [0.25, 0.3) is 0 Å². The molecule has 1 rings (SSSR count). The number of ether oxygens (including phenoxy) is 1. The van der Waals surface area contributed by atoms with Gasteiger partial charge in [0.1, 0.15) is 6.10 Å². The summed E-state index contributed by atoms with van der Waals surface area (Å²) in [5, 5.41) is 20.1. The van der Waals surface area contributed by atoms with Crippen LogP contribution in [0, 0.1) is 11.8 Å². The quantitative estimate of drug-likeness (QED) is 0.464. The van der Waals surface area contributed by atoms with E-state index in [-0.39, 0.29) is 6.61 Å². The number of aliphatic hydroxyl groups excluding tert-OH is 1. The first kappa shape index (κ1) is 14.6. The van der Waals surface area contributed by atoms with Gasteiger partial charge in [-0.2, -0.15) is 0 Å². The van der Waals surface area contributed by atoms with Crippen LogP contribution in [0.15, 0.2) is 12.4 Å². The van der Waals surface area contributed by atoms with Gasteiger partial charge >= 0.3 is 0 Å². The minimum absolute atomic E-state index is 0.278. The lowest BCUT2D eigenvalue weighted by Crippen LogP contribution is -2.23. The Bertz CT molecular complexity index is 356. The van der Waals surface area contributed by atoms with Gasteiger partial charge < -0.3 is 15.2 Å². The van der Waals surface area contributed by atoms with Crippen molar-refractivity contribution in [3.63, 3.8) is 0 Å². The lowest BCUT2D eigenvalue weighted by atomic mass is 10.4. The van der Waals surface area contributed by atoms with E-state index < -0.39 is 6.10 Å². The third-order valence-corrected chi connectivity index (χ3v) is 2.22. The molecule has 0 saturated heterocycles. The van der Waals surface area contributed by atoms with Crippen LogP contribution < -0.4 is 5.32 Å². The number of nitrogens with one attached hydrogen (secondary N) is 1. The lowest BCUT2D eigenvalue weighted by molar-refractivity contribution is 0.0627. The van der Waals surface area contributed by atoms with E-state index >= 15 is 0 Å². The van der Waals surface area contributed by atoms with Crippen molar-refractivity contribution in [3.8, 4) is 11.8 Å². The maximum atomic E-state index is 9.27. The molecule has 1 heterocycles. The minimum Gasteiger partial charge on any atom is -0.378 e. The van der Waals surface area contributed by atoms with Crippen LogP contribution in [-0.4, -0.2) is 52.5 Å². The van der Waals surface area contributed by atoms with Crippen LogP contribution in [0.4, 0.5) is 0 Å². The molecule has 0 saturated carbocycles. The monoisotopic (exact) mass is 252 g/mol. The second-order valence-electron chi connectivity index (χ2n) is 3.75. The van der Waals surface area contributed by atoms with Crippen LogP contribution in [0.2, 0.25) is 0 Å². The predicted octanol–water partition coefficient (Wildman–Crippen LogP) is -0.341. The second-order valence-corrected chi connectivity index (χ2v) is 3.75. The number of rotatable bonds is 9. The minimum atomic E-state index is -0.671. The van der Waals surface area contributed by atoms with Crippen LogP contribution in [-0.2, 0) is 11.3 Å². The van der Waals surface area contributed by atoms with Gasteiger partial charge in [0, 0.05) is 19.3 Å². The van der Waals surface area contributed by atoms with E-state index in [2.05, 4.69) is 27.5 Å². The van der Waals surface area contributed by atoms with Gasteiger partial charge in [-0.1, -0.05) is 11.1 Å². The number of hydrogen-bond donors (Lipinski definition) is 2. The number of aromatic nitrogens is 3. The molecule has 1 aromatic heterocycles. The molecule has 2 N–H and O–H groups in total. The van der Waals surface area contributed by atoms with E-state index in [1.54, 1.807) is 17.8 Å². The lowest BCUT2D eigenvalue weighted by Gasteiger charge is -2.07. The molecule has 0 aliphatic carbocycles. The standard InChI is InChI=1S/C12H20N4O2/c1-2-4-12(17)11-18-10-3-5-13-6-8-16-9-7-14-15-16/h7,9,12-13,17H,3,5-6,8,10-11H2,1H3. The summed E-state index contributed by atoms with van der Waals surface area (Å²) >= 11 is 0. The summed E-state index contributed by atoms with van der Waals surface area (Å²) in [6.07, 6.45) is 3.73. The van der Waals surface area contributed by atoms with Gasteiger partial charge in [0.25, 0.3) is 0 Å². The molecule has 0 aromatic carbocycles. The molecule has 6 nitrogen and oxygen atoms in total. The molecule has 0 aliphatic rings. The van der Waals surface area contributed by atoms with Crippen molar-refractivity contribution in [1.82, 2.24) is 20.3 Å². The van der Waals surface area contributed by atoms with Crippen LogP contribution >= 0.6 is 0 Å². The molecule has 100 valence electrons. The van der Waals surface area contributed by atoms with Crippen molar-refractivity contribution in [2.24, 2.45) is 0 Å². The van der Waals surface area contributed by atoms with Crippen molar-refractivity contribution in [3.05, 3.63) is 12.4 Å². The number of aliphatic hydroxyl groups is 1. The largest absolute Gasteiger partial charge is 0.378 e. The molecular formula is C12H20N4O2. The van der Waals surface area contributed by atoms with E-state index in [1.165, 1.54) is 0 Å². The number of nitrogens with zero attached hydrogens (tertiary/aromatic N) is 3. The van der Waals surface area contributed by atoms with Crippen molar-refractivity contribution in [2.45, 2.75) is 26.0 Å². The smallest absolute Gasteiger partial charge is 0.137 e. The van der Waals surface area contributed by atoms with Gasteiger partial charge in [-0.25, -0.2) is 0 Å². The molecular weight excluding hydrogens is 232 g/mol. The predicted molar refractivity (Wildman–Crippen MR) is 67.8 cm³/mol. The van der Waals surface area contributed by atoms with Crippen LogP contribution in [0.1, 0.15) is 13.3 Å². The Balaban J connectivity index is 1.85. The Morgan fingerprint density at radius 3 is 3.11 bits per heavy atom. The molecule has 6 heteroatoms. The fourth-order valence-corrected chi connectivity index (χ4v) is 1.37. The van der Waals surface area contributed by atoms with Gasteiger partial charge in [0.2, 0.25) is 0 Å². The Kier molecular flexibility index (Phi) is 7.80. The summed E-state index contributed by atoms with van der Waals surface area (Å²) in [4.78, 5) is 0. The van der Waals surface area contributed by atoms with Crippen molar-refractivity contribution < 1.29 is 9.84 Å². The summed E-state index contributed by atoms with van der Waals surface area (Å²) in [6, 6.07) is 0. The normalized spacial score (nSPS) is 11.9. The highest BCUT2D eigenvalue weighted by Gasteiger charge is 1.98. The van der Waals surface area contributed by atoms with E-state index in [9.17, 15) is 5.11 Å². The first-order valence-electron chi connectivity index (χ1n) is 6.06. The maximum absolute atomic E-state index is 9.27. The fraction of sp³-hybridized carbons (Fsp3) is 0.667. The Labute approximate surface area is 107 Å². The SMILES string of the molecule is CC#CC(O)COCCCNCCn1ccnn1. The van der Waals surface area contributed by atoms with Gasteiger partial charge in [0.05, 0.1) is 19.3 Å². The Morgan fingerprint density at radius 2 is 2.39 bits per heavy atom. The molecule has 0 radical (unpaired) electrons. The average Bonchev–Trinajstić information content (AvgIpc) is 2.86. The molecule has 1 unspecified atom stereocenters. The summed E-state index contributed by atoms with van der Waals surface area (Å²) in [5.74, 6) is 5.27. The highest BCUT2D eigenvalue weighted by Crippen LogP contribution is 1.86. The third-order valence-electron chi connectivity index (χ3n) is 2.22. The summed E-state index contributed by atoms with van der Waals surface area (Å²) in [6.45, 7) is 5.14. The van der Waals surface area contributed by atoms with Crippen molar-refractivity contribution >= 4 is 0 Å². The molecule has 18 heavy (non-hydrogen) atoms. The molecule has 0 bridgehead atoms. The first-order chi connectivity index (χ1) is 8.83. The second kappa shape index (κ2) is 9.59. The number of hydrogen-bond acceptors (Lipinski definition) is 5. The maximum Gasteiger partial charge on any atom is 0.137 e. The van der Waals surface area contributed by atoms with E-state index in [0.717, 1.165) is 26.1 Å². The molecule has 0 aliphatic heterocycles. The molecule has 0 amide bonds. The van der Waals surface area contributed by atoms with Gasteiger partial charge in [-0.15, -0.1) is 11.0 Å². The molecule has 1 atom stereocenters. The highest BCUT2D eigenvalue weighted by molar-refractivity contribution is 5.01. The van der Waals surface area contributed by atoms with Gasteiger partial charge in [-0.3, -0.25) is 4.68 Å². The fourth-order valence-electron chi connectivity index (χ4n) is 1.37. The molecule has 0 fully saturated rings. The molecule has 0 spiro atoms. The van der Waals surface area contributed by atoms with E-state index in [4.69, 9.17) is 4.74 Å². The zero-order valence-corrected chi connectivity index (χ0v) is 10.7. The van der Waals surface area contributed by atoms with E-state index in [0.29, 0.717) is 6.61 Å². The van der Waals surface area contributed by atoms with Gasteiger partial charge in [-0.05, 0) is 19.9 Å². The van der Waals surface area contributed by atoms with E-state index in [1.807, 2.05) is 6.20 Å². The highest BCUT2D eigenvalue weighted by atomic mass is 16.5. The first-order valence-corrected chi connectivity index (χ1v) is 6.06. The van der Waals surface area contributed by atoms with Crippen LogP contribution in [0.3, 0.4) is 0 Å². The topological polar surface area (TPSA) is 72.2 Å². The summed E-state index contributed by atoms with van der Waals surface area (Å²) < 4.78 is 7.06. The Morgan fingerprint density at radius 1 is 1.50 bits per heavy atom. The van der Waals surface area contributed by atoms with Crippen molar-refractivity contribution in [2.75, 3.05) is 26.3 Å².